The summed E-state index contributed by atoms with van der Waals surface area (Å²) in [5, 5.41) is 3.04. The molecule has 1 aromatic carbocycles. The summed E-state index contributed by atoms with van der Waals surface area (Å²) in [4.78, 5) is 16.5. The van der Waals surface area contributed by atoms with Crippen LogP contribution in [0.2, 0.25) is 0 Å². The number of carbonyl (C=O) groups excluding carboxylic acids is 1. The first kappa shape index (κ1) is 14.4. The Balaban J connectivity index is 1.90. The standard InChI is InChI=1S/C17H19N3O2/c1-17(2)10-14(12-9-11(18)6-7-15(12)22-17)20-16(21)13-5-3-4-8-19-13/h3-9,14H,10,18H2,1-2H3,(H,20,21). The number of amides is 1. The number of nitrogens with one attached hydrogen (secondary N) is 1. The van der Waals surface area contributed by atoms with Crippen molar-refractivity contribution >= 4 is 11.6 Å². The molecule has 1 unspecified atom stereocenters. The van der Waals surface area contributed by atoms with Crippen LogP contribution in [0.5, 0.6) is 5.75 Å². The molecule has 0 saturated heterocycles. The number of rotatable bonds is 2. The summed E-state index contributed by atoms with van der Waals surface area (Å²) >= 11 is 0. The Morgan fingerprint density at radius 1 is 1.36 bits per heavy atom. The molecule has 114 valence electrons. The van der Waals surface area contributed by atoms with Crippen molar-refractivity contribution in [3.63, 3.8) is 0 Å². The highest BCUT2D eigenvalue weighted by Gasteiger charge is 2.34. The molecule has 0 saturated carbocycles. The normalized spacial score (nSPS) is 18.9. The number of hydrogen-bond donors (Lipinski definition) is 2. The van der Waals surface area contributed by atoms with Gasteiger partial charge >= 0.3 is 0 Å². The third-order valence-electron chi connectivity index (χ3n) is 3.69. The first-order valence-electron chi connectivity index (χ1n) is 7.25. The molecule has 1 amide bonds. The maximum absolute atomic E-state index is 12.4. The number of hydrogen-bond acceptors (Lipinski definition) is 4. The van der Waals surface area contributed by atoms with Gasteiger partial charge in [0.2, 0.25) is 0 Å². The van der Waals surface area contributed by atoms with Gasteiger partial charge in [-0.15, -0.1) is 0 Å². The Hall–Kier alpha value is -2.56. The second kappa shape index (κ2) is 5.33. The van der Waals surface area contributed by atoms with Gasteiger partial charge in [0.15, 0.2) is 0 Å². The number of ether oxygens (including phenoxy) is 1. The van der Waals surface area contributed by atoms with Gasteiger partial charge in [-0.3, -0.25) is 9.78 Å². The molecule has 1 aliphatic rings. The van der Waals surface area contributed by atoms with Crippen LogP contribution in [-0.4, -0.2) is 16.5 Å². The van der Waals surface area contributed by atoms with E-state index < -0.39 is 0 Å². The quantitative estimate of drug-likeness (QED) is 0.836. The summed E-state index contributed by atoms with van der Waals surface area (Å²) in [7, 11) is 0. The minimum Gasteiger partial charge on any atom is -0.487 e. The second-order valence-corrected chi connectivity index (χ2v) is 6.10. The Labute approximate surface area is 129 Å². The van der Waals surface area contributed by atoms with Gasteiger partial charge in [-0.05, 0) is 44.2 Å². The number of nitrogens with two attached hydrogens (primary N) is 1. The number of fused-ring (bicyclic) bond motifs is 1. The molecule has 0 spiro atoms. The summed E-state index contributed by atoms with van der Waals surface area (Å²) in [6.07, 6.45) is 2.27. The lowest BCUT2D eigenvalue weighted by Gasteiger charge is -2.38. The van der Waals surface area contributed by atoms with E-state index in [4.69, 9.17) is 10.5 Å². The molecule has 1 atom stereocenters. The van der Waals surface area contributed by atoms with Gasteiger partial charge in [-0.25, -0.2) is 0 Å². The molecule has 0 fully saturated rings. The number of anilines is 1. The van der Waals surface area contributed by atoms with Crippen LogP contribution in [0.3, 0.4) is 0 Å². The van der Waals surface area contributed by atoms with E-state index in [1.165, 1.54) is 0 Å². The van der Waals surface area contributed by atoms with Crippen molar-refractivity contribution in [1.82, 2.24) is 10.3 Å². The first-order valence-corrected chi connectivity index (χ1v) is 7.25. The van der Waals surface area contributed by atoms with Gasteiger partial charge in [0.05, 0.1) is 6.04 Å². The molecule has 22 heavy (non-hydrogen) atoms. The van der Waals surface area contributed by atoms with Crippen LogP contribution in [-0.2, 0) is 0 Å². The van der Waals surface area contributed by atoms with Crippen LogP contribution < -0.4 is 15.8 Å². The average Bonchev–Trinajstić information content (AvgIpc) is 2.48. The molecular weight excluding hydrogens is 278 g/mol. The highest BCUT2D eigenvalue weighted by Crippen LogP contribution is 2.40. The van der Waals surface area contributed by atoms with E-state index in [0.29, 0.717) is 17.8 Å². The summed E-state index contributed by atoms with van der Waals surface area (Å²) in [5.74, 6) is 0.563. The first-order chi connectivity index (χ1) is 10.4. The molecule has 5 nitrogen and oxygen atoms in total. The van der Waals surface area contributed by atoms with Crippen LogP contribution in [0, 0.1) is 0 Å². The van der Waals surface area contributed by atoms with E-state index in [2.05, 4.69) is 10.3 Å². The average molecular weight is 297 g/mol. The van der Waals surface area contributed by atoms with Crippen LogP contribution in [0.25, 0.3) is 0 Å². The number of carbonyl (C=O) groups is 1. The molecular formula is C17H19N3O2. The van der Waals surface area contributed by atoms with Crippen molar-refractivity contribution in [2.24, 2.45) is 0 Å². The lowest BCUT2D eigenvalue weighted by Crippen LogP contribution is -2.41. The van der Waals surface area contributed by atoms with E-state index >= 15 is 0 Å². The van der Waals surface area contributed by atoms with Gasteiger partial charge in [-0.1, -0.05) is 6.07 Å². The zero-order chi connectivity index (χ0) is 15.7. The molecule has 2 aromatic rings. The van der Waals surface area contributed by atoms with Crippen LogP contribution >= 0.6 is 0 Å². The fourth-order valence-electron chi connectivity index (χ4n) is 2.73. The SMILES string of the molecule is CC1(C)CC(NC(=O)c2ccccn2)c2cc(N)ccc2O1. The smallest absolute Gasteiger partial charge is 0.270 e. The summed E-state index contributed by atoms with van der Waals surface area (Å²) in [6.45, 7) is 4.01. The minimum absolute atomic E-state index is 0.156. The third kappa shape index (κ3) is 2.88. The monoisotopic (exact) mass is 297 g/mol. The van der Waals surface area contributed by atoms with E-state index in [-0.39, 0.29) is 17.6 Å². The molecule has 2 heterocycles. The second-order valence-electron chi connectivity index (χ2n) is 6.10. The minimum atomic E-state index is -0.356. The number of aromatic nitrogens is 1. The highest BCUT2D eigenvalue weighted by atomic mass is 16.5. The zero-order valence-corrected chi connectivity index (χ0v) is 12.7. The fraction of sp³-hybridized carbons (Fsp3) is 0.294. The van der Waals surface area contributed by atoms with E-state index in [0.717, 1.165) is 11.3 Å². The van der Waals surface area contributed by atoms with Gasteiger partial charge < -0.3 is 15.8 Å². The molecule has 0 bridgehead atoms. The Morgan fingerprint density at radius 2 is 2.18 bits per heavy atom. The molecule has 5 heteroatoms. The van der Waals surface area contributed by atoms with Crippen molar-refractivity contribution in [3.05, 3.63) is 53.9 Å². The maximum Gasteiger partial charge on any atom is 0.270 e. The topological polar surface area (TPSA) is 77.2 Å². The van der Waals surface area contributed by atoms with E-state index in [9.17, 15) is 4.79 Å². The predicted molar refractivity (Wildman–Crippen MR) is 84.6 cm³/mol. The van der Waals surface area contributed by atoms with Gasteiger partial charge in [0.1, 0.15) is 17.0 Å². The van der Waals surface area contributed by atoms with Gasteiger partial charge in [0, 0.05) is 23.9 Å². The molecule has 1 aliphatic heterocycles. The number of benzene rings is 1. The Bertz CT molecular complexity index is 698. The van der Waals surface area contributed by atoms with E-state index in [1.807, 2.05) is 26.0 Å². The van der Waals surface area contributed by atoms with Crippen LogP contribution in [0.4, 0.5) is 5.69 Å². The summed E-state index contributed by atoms with van der Waals surface area (Å²) in [5.41, 5.74) is 7.48. The predicted octanol–water partition coefficient (Wildman–Crippen LogP) is 2.70. The van der Waals surface area contributed by atoms with Crippen molar-refractivity contribution < 1.29 is 9.53 Å². The number of pyridine rings is 1. The van der Waals surface area contributed by atoms with Crippen molar-refractivity contribution in [2.45, 2.75) is 31.9 Å². The van der Waals surface area contributed by atoms with Crippen LogP contribution in [0.1, 0.15) is 42.4 Å². The fourth-order valence-corrected chi connectivity index (χ4v) is 2.73. The Kier molecular flexibility index (Phi) is 3.48. The van der Waals surface area contributed by atoms with Gasteiger partial charge in [-0.2, -0.15) is 0 Å². The Morgan fingerprint density at radius 3 is 2.91 bits per heavy atom. The molecule has 0 radical (unpaired) electrons. The molecule has 3 N–H and O–H groups in total. The van der Waals surface area contributed by atoms with Gasteiger partial charge in [0.25, 0.3) is 5.91 Å². The number of nitrogens with zero attached hydrogens (tertiary/aromatic N) is 1. The molecule has 1 aromatic heterocycles. The lowest BCUT2D eigenvalue weighted by atomic mass is 9.89. The van der Waals surface area contributed by atoms with Crippen LogP contribution in [0.15, 0.2) is 42.6 Å². The zero-order valence-electron chi connectivity index (χ0n) is 12.7. The maximum atomic E-state index is 12.4. The number of nitrogen functional groups attached to an aromatic ring is 1. The van der Waals surface area contributed by atoms with Crippen molar-refractivity contribution in [1.29, 1.82) is 0 Å². The third-order valence-corrected chi connectivity index (χ3v) is 3.69. The lowest BCUT2D eigenvalue weighted by molar-refractivity contribution is 0.0618. The van der Waals surface area contributed by atoms with E-state index in [1.54, 1.807) is 30.5 Å². The molecule has 0 aliphatic carbocycles. The van der Waals surface area contributed by atoms with Crippen molar-refractivity contribution in [3.8, 4) is 5.75 Å². The summed E-state index contributed by atoms with van der Waals surface area (Å²) < 4.78 is 5.97. The largest absolute Gasteiger partial charge is 0.487 e. The van der Waals surface area contributed by atoms with Crippen molar-refractivity contribution in [2.75, 3.05) is 5.73 Å². The molecule has 3 rings (SSSR count). The summed E-state index contributed by atoms with van der Waals surface area (Å²) in [6, 6.07) is 10.6. The highest BCUT2D eigenvalue weighted by molar-refractivity contribution is 5.92.